The zero-order chi connectivity index (χ0) is 34.2. The fraction of sp³-hybridized carbons (Fsp3) is 0.0833. The van der Waals surface area contributed by atoms with E-state index in [0.29, 0.717) is 0 Å². The van der Waals surface area contributed by atoms with Crippen LogP contribution in [0.15, 0.2) is 170 Å². The second kappa shape index (κ2) is 13.8. The summed E-state index contributed by atoms with van der Waals surface area (Å²) in [5, 5.41) is 13.6. The highest BCUT2D eigenvalue weighted by molar-refractivity contribution is 7.85. The molecule has 0 aliphatic heterocycles. The summed E-state index contributed by atoms with van der Waals surface area (Å²) in [4.78, 5) is 0. The van der Waals surface area contributed by atoms with E-state index in [0.717, 1.165) is 0 Å². The monoisotopic (exact) mass is 678 g/mol. The highest BCUT2D eigenvalue weighted by atomic mass is 31.1. The molecular formula is C48H40P2. The van der Waals surface area contributed by atoms with Crippen molar-refractivity contribution in [1.82, 2.24) is 0 Å². The van der Waals surface area contributed by atoms with Crippen LogP contribution in [-0.2, 0) is 0 Å². The van der Waals surface area contributed by atoms with Crippen LogP contribution in [0.2, 0.25) is 0 Å². The first-order chi connectivity index (χ1) is 24.4. The van der Waals surface area contributed by atoms with E-state index in [1.807, 2.05) is 0 Å². The van der Waals surface area contributed by atoms with Crippen molar-refractivity contribution in [3.8, 4) is 11.1 Å². The molecule has 0 fully saturated rings. The Morgan fingerprint density at radius 3 is 1.28 bits per heavy atom. The lowest BCUT2D eigenvalue weighted by molar-refractivity contribution is 1.49. The fourth-order valence-electron chi connectivity index (χ4n) is 7.34. The van der Waals surface area contributed by atoms with Crippen LogP contribution in [0, 0.1) is 27.7 Å². The van der Waals surface area contributed by atoms with Gasteiger partial charge in [0.1, 0.15) is 0 Å². The van der Waals surface area contributed by atoms with E-state index in [1.54, 1.807) is 0 Å². The molecule has 50 heavy (non-hydrogen) atoms. The molecule has 2 heteroatoms. The first-order valence-corrected chi connectivity index (χ1v) is 20.0. The average Bonchev–Trinajstić information content (AvgIpc) is 3.12. The van der Waals surface area contributed by atoms with Gasteiger partial charge in [-0.25, -0.2) is 0 Å². The minimum atomic E-state index is -0.985. The maximum atomic E-state index is 2.55. The first-order valence-electron chi connectivity index (χ1n) is 17.4. The Morgan fingerprint density at radius 1 is 0.340 bits per heavy atom. The third kappa shape index (κ3) is 6.20. The molecule has 242 valence electrons. The van der Waals surface area contributed by atoms with Gasteiger partial charge in [0.05, 0.1) is 0 Å². The third-order valence-corrected chi connectivity index (χ3v) is 14.7. The van der Waals surface area contributed by atoms with Gasteiger partial charge >= 0.3 is 0 Å². The third-order valence-electron chi connectivity index (χ3n) is 9.56. The number of fused-ring (bicyclic) bond motifs is 2. The topological polar surface area (TPSA) is 0 Å². The van der Waals surface area contributed by atoms with Crippen molar-refractivity contribution in [3.05, 3.63) is 192 Å². The molecule has 0 aromatic heterocycles. The van der Waals surface area contributed by atoms with E-state index in [4.69, 9.17) is 0 Å². The van der Waals surface area contributed by atoms with Gasteiger partial charge in [0.2, 0.25) is 0 Å². The molecule has 0 amide bonds. The zero-order valence-electron chi connectivity index (χ0n) is 29.1. The van der Waals surface area contributed by atoms with Crippen molar-refractivity contribution in [2.24, 2.45) is 0 Å². The van der Waals surface area contributed by atoms with Gasteiger partial charge in [-0.3, -0.25) is 0 Å². The van der Waals surface area contributed by atoms with Gasteiger partial charge in [-0.05, 0) is 109 Å². The summed E-state index contributed by atoms with van der Waals surface area (Å²) in [5.74, 6) is 0. The molecule has 0 aliphatic carbocycles. The van der Waals surface area contributed by atoms with Crippen LogP contribution < -0.4 is 31.8 Å². The molecule has 0 atom stereocenters. The van der Waals surface area contributed by atoms with Gasteiger partial charge in [0, 0.05) is 5.30 Å². The first kappa shape index (κ1) is 32.4. The van der Waals surface area contributed by atoms with Gasteiger partial charge in [-0.15, -0.1) is 0 Å². The van der Waals surface area contributed by atoms with E-state index in [9.17, 15) is 0 Å². The van der Waals surface area contributed by atoms with Gasteiger partial charge in [0.25, 0.3) is 0 Å². The van der Waals surface area contributed by atoms with Crippen LogP contribution in [0.3, 0.4) is 0 Å². The van der Waals surface area contributed by atoms with Crippen molar-refractivity contribution in [3.63, 3.8) is 0 Å². The summed E-state index contributed by atoms with van der Waals surface area (Å²) in [6, 6.07) is 64.4. The second-order valence-electron chi connectivity index (χ2n) is 13.4. The van der Waals surface area contributed by atoms with Gasteiger partial charge in [0.15, 0.2) is 0 Å². The Morgan fingerprint density at radius 2 is 0.760 bits per heavy atom. The predicted molar refractivity (Wildman–Crippen MR) is 223 cm³/mol. The number of hydrogen-bond acceptors (Lipinski definition) is 0. The molecule has 0 heterocycles. The molecular weight excluding hydrogens is 638 g/mol. The van der Waals surface area contributed by atoms with Gasteiger partial charge in [-0.2, -0.15) is 0 Å². The molecule has 8 rings (SSSR count). The fourth-order valence-corrected chi connectivity index (χ4v) is 13.2. The molecule has 0 N–H and O–H groups in total. The Balaban J connectivity index is 1.61. The molecule has 0 saturated carbocycles. The summed E-state index contributed by atoms with van der Waals surface area (Å²) in [7, 11) is -1.92. The Bertz CT molecular complexity index is 2410. The maximum absolute atomic E-state index is 2.55. The Labute approximate surface area is 299 Å². The van der Waals surface area contributed by atoms with Crippen LogP contribution >= 0.6 is 15.8 Å². The quantitative estimate of drug-likeness (QED) is 0.147. The van der Waals surface area contributed by atoms with Crippen molar-refractivity contribution >= 4 is 69.2 Å². The van der Waals surface area contributed by atoms with Crippen LogP contribution in [0.1, 0.15) is 22.3 Å². The van der Waals surface area contributed by atoms with Crippen molar-refractivity contribution in [2.45, 2.75) is 27.7 Å². The summed E-state index contributed by atoms with van der Waals surface area (Å²) < 4.78 is 0. The average molecular weight is 679 g/mol. The molecule has 0 unspecified atom stereocenters. The molecule has 8 aromatic carbocycles. The molecule has 0 bridgehead atoms. The van der Waals surface area contributed by atoms with E-state index in [1.165, 1.54) is 86.8 Å². The molecule has 0 radical (unpaired) electrons. The van der Waals surface area contributed by atoms with Crippen LogP contribution in [0.4, 0.5) is 0 Å². The highest BCUT2D eigenvalue weighted by Gasteiger charge is 2.31. The zero-order valence-corrected chi connectivity index (χ0v) is 30.8. The normalized spacial score (nSPS) is 11.6. The van der Waals surface area contributed by atoms with E-state index in [2.05, 4.69) is 198 Å². The number of benzene rings is 8. The minimum absolute atomic E-state index is 0.934. The van der Waals surface area contributed by atoms with E-state index in [-0.39, 0.29) is 0 Å². The SMILES string of the molecule is Cc1cccc(P(c2cccc(C)c2)c2cc3ccccc3c(-c3cccc4ccccc34)c2P(c2cccc(C)c2)c2cccc(C)c2)c1. The largest absolute Gasteiger partial charge is 0.0616 e. The number of aryl methyl sites for hydroxylation is 4. The Kier molecular flexibility index (Phi) is 8.93. The molecule has 0 aliphatic rings. The number of rotatable bonds is 7. The summed E-state index contributed by atoms with van der Waals surface area (Å²) in [6.07, 6.45) is 0. The predicted octanol–water partition coefficient (Wildman–Crippen LogP) is 10.4. The van der Waals surface area contributed by atoms with E-state index >= 15 is 0 Å². The number of hydrogen-bond donors (Lipinski definition) is 0. The maximum Gasteiger partial charge on any atom is 0.00177 e. The van der Waals surface area contributed by atoms with Crippen LogP contribution in [0.5, 0.6) is 0 Å². The summed E-state index contributed by atoms with van der Waals surface area (Å²) >= 11 is 0. The van der Waals surface area contributed by atoms with Crippen molar-refractivity contribution in [2.75, 3.05) is 0 Å². The van der Waals surface area contributed by atoms with Crippen molar-refractivity contribution in [1.29, 1.82) is 0 Å². The summed E-state index contributed by atoms with van der Waals surface area (Å²) in [5.41, 5.74) is 7.81. The second-order valence-corrected chi connectivity index (χ2v) is 17.7. The molecule has 0 nitrogen and oxygen atoms in total. The Hall–Kier alpha value is -4.86. The van der Waals surface area contributed by atoms with Crippen molar-refractivity contribution < 1.29 is 0 Å². The lowest BCUT2D eigenvalue weighted by Crippen LogP contribution is -2.36. The molecule has 0 spiro atoms. The highest BCUT2D eigenvalue weighted by Crippen LogP contribution is 2.46. The van der Waals surface area contributed by atoms with E-state index < -0.39 is 15.8 Å². The standard InChI is InChI=1S/C48H40P2/c1-33-14-9-21-39(28-33)49(40-22-10-15-34(2)29-40)46-32-38-19-6-8-26-44(38)47(45-27-13-20-37-18-5-7-25-43(37)45)48(46)50(41-23-11-16-35(3)30-41)42-24-12-17-36(4)31-42/h5-32H,1-4H3. The van der Waals surface area contributed by atoms with Gasteiger partial charge in [-0.1, -0.05) is 186 Å². The smallest absolute Gasteiger partial charge is 0.00177 e. The minimum Gasteiger partial charge on any atom is -0.0616 e. The lowest BCUT2D eigenvalue weighted by Gasteiger charge is -2.31. The molecule has 0 saturated heterocycles. The van der Waals surface area contributed by atoms with Crippen LogP contribution in [-0.4, -0.2) is 0 Å². The van der Waals surface area contributed by atoms with Gasteiger partial charge < -0.3 is 0 Å². The lowest BCUT2D eigenvalue weighted by atomic mass is 9.94. The summed E-state index contributed by atoms with van der Waals surface area (Å²) in [6.45, 7) is 8.91. The van der Waals surface area contributed by atoms with Crippen LogP contribution in [0.25, 0.3) is 32.7 Å². The molecule has 8 aromatic rings.